The van der Waals surface area contributed by atoms with Crippen molar-refractivity contribution in [2.75, 3.05) is 0 Å². The Kier molecular flexibility index (Phi) is 2.55. The van der Waals surface area contributed by atoms with Gasteiger partial charge in [-0.15, -0.1) is 0 Å². The van der Waals surface area contributed by atoms with Crippen LogP contribution >= 0.6 is 0 Å². The largest absolute Gasteiger partial charge is 0.476 e. The van der Waals surface area contributed by atoms with Gasteiger partial charge in [0.25, 0.3) is 0 Å². The van der Waals surface area contributed by atoms with Crippen LogP contribution in [0.25, 0.3) is 0 Å². The van der Waals surface area contributed by atoms with Crippen LogP contribution in [0.2, 0.25) is 0 Å². The highest BCUT2D eigenvalue weighted by Crippen LogP contribution is 2.13. The van der Waals surface area contributed by atoms with Crippen LogP contribution in [-0.4, -0.2) is 31.7 Å². The molecule has 1 aromatic heterocycles. The minimum absolute atomic E-state index is 0.137. The number of carboxylic acids is 2. The number of hydrogen-bond donors (Lipinski definition) is 2. The molecule has 0 saturated carbocycles. The van der Waals surface area contributed by atoms with Crippen molar-refractivity contribution in [1.29, 1.82) is 0 Å². The SMILES string of the molecule is CC(C)n1cnc(C(=O)O)c1C(=O)O. The Morgan fingerprint density at radius 2 is 1.93 bits per heavy atom. The second-order valence-electron chi connectivity index (χ2n) is 3.05. The summed E-state index contributed by atoms with van der Waals surface area (Å²) in [5.41, 5.74) is -0.710. The first-order chi connectivity index (χ1) is 6.45. The smallest absolute Gasteiger partial charge is 0.357 e. The van der Waals surface area contributed by atoms with E-state index in [9.17, 15) is 9.59 Å². The van der Waals surface area contributed by atoms with E-state index >= 15 is 0 Å². The molecule has 0 spiro atoms. The minimum atomic E-state index is -1.33. The lowest BCUT2D eigenvalue weighted by molar-refractivity contribution is 0.0639. The van der Waals surface area contributed by atoms with Crippen LogP contribution in [0.3, 0.4) is 0 Å². The third-order valence-corrected chi connectivity index (χ3v) is 1.76. The summed E-state index contributed by atoms with van der Waals surface area (Å²) in [5, 5.41) is 17.5. The Labute approximate surface area is 79.8 Å². The zero-order chi connectivity index (χ0) is 10.9. The molecule has 2 N–H and O–H groups in total. The Hall–Kier alpha value is -1.85. The Morgan fingerprint density at radius 3 is 2.29 bits per heavy atom. The zero-order valence-electron chi connectivity index (χ0n) is 7.76. The van der Waals surface area contributed by atoms with Crippen LogP contribution in [0.15, 0.2) is 6.33 Å². The fourth-order valence-electron chi connectivity index (χ4n) is 1.12. The van der Waals surface area contributed by atoms with Crippen molar-refractivity contribution in [3.8, 4) is 0 Å². The van der Waals surface area contributed by atoms with Crippen LogP contribution in [0.4, 0.5) is 0 Å². The standard InChI is InChI=1S/C8H10N2O4/c1-4(2)10-3-9-5(7(11)12)6(10)8(13)14/h3-4H,1-2H3,(H,11,12)(H,13,14). The molecule has 0 saturated heterocycles. The van der Waals surface area contributed by atoms with Crippen molar-refractivity contribution in [3.05, 3.63) is 17.7 Å². The molecule has 76 valence electrons. The Bertz CT molecular complexity index is 381. The number of aromatic carboxylic acids is 2. The second-order valence-corrected chi connectivity index (χ2v) is 3.05. The van der Waals surface area contributed by atoms with Crippen molar-refractivity contribution < 1.29 is 19.8 Å². The summed E-state index contributed by atoms with van der Waals surface area (Å²) >= 11 is 0. The highest BCUT2D eigenvalue weighted by molar-refractivity contribution is 5.99. The van der Waals surface area contributed by atoms with Crippen molar-refractivity contribution in [2.45, 2.75) is 19.9 Å². The lowest BCUT2D eigenvalue weighted by atomic mass is 10.3. The lowest BCUT2D eigenvalue weighted by Gasteiger charge is -2.08. The maximum Gasteiger partial charge on any atom is 0.357 e. The third kappa shape index (κ3) is 1.59. The Balaban J connectivity index is 3.35. The molecular formula is C8H10N2O4. The van der Waals surface area contributed by atoms with Gasteiger partial charge >= 0.3 is 11.9 Å². The maximum atomic E-state index is 10.8. The van der Waals surface area contributed by atoms with Crippen LogP contribution in [0.1, 0.15) is 40.9 Å². The average molecular weight is 198 g/mol. The predicted molar refractivity (Wildman–Crippen MR) is 46.5 cm³/mol. The highest BCUT2D eigenvalue weighted by atomic mass is 16.4. The molecule has 0 bridgehead atoms. The molecule has 1 aromatic rings. The Morgan fingerprint density at radius 1 is 1.36 bits per heavy atom. The van der Waals surface area contributed by atoms with E-state index in [1.54, 1.807) is 13.8 Å². The molecule has 0 aliphatic rings. The summed E-state index contributed by atoms with van der Waals surface area (Å²) in [6.07, 6.45) is 1.22. The van der Waals surface area contributed by atoms with Crippen LogP contribution in [0, 0.1) is 0 Å². The lowest BCUT2D eigenvalue weighted by Crippen LogP contribution is -2.14. The number of imidazole rings is 1. The summed E-state index contributed by atoms with van der Waals surface area (Å²) < 4.78 is 1.31. The molecule has 6 nitrogen and oxygen atoms in total. The zero-order valence-corrected chi connectivity index (χ0v) is 7.76. The molecule has 0 radical (unpaired) electrons. The second kappa shape index (κ2) is 3.49. The molecule has 0 aromatic carbocycles. The third-order valence-electron chi connectivity index (χ3n) is 1.76. The van der Waals surface area contributed by atoms with Gasteiger partial charge in [0.05, 0.1) is 6.33 Å². The quantitative estimate of drug-likeness (QED) is 0.751. The minimum Gasteiger partial charge on any atom is -0.476 e. The number of carboxylic acid groups (broad SMARTS) is 2. The van der Waals surface area contributed by atoms with Gasteiger partial charge in [0.1, 0.15) is 0 Å². The summed E-state index contributed by atoms with van der Waals surface area (Å²) in [5.74, 6) is -2.62. The number of nitrogens with zero attached hydrogens (tertiary/aromatic N) is 2. The van der Waals surface area contributed by atoms with Gasteiger partial charge < -0.3 is 14.8 Å². The van der Waals surface area contributed by atoms with Crippen LogP contribution < -0.4 is 0 Å². The predicted octanol–water partition coefficient (Wildman–Crippen LogP) is 0.860. The molecule has 0 unspecified atom stereocenters. The topological polar surface area (TPSA) is 92.4 Å². The summed E-state index contributed by atoms with van der Waals surface area (Å²) in [6, 6.07) is -0.137. The highest BCUT2D eigenvalue weighted by Gasteiger charge is 2.23. The molecule has 0 amide bonds. The first-order valence-electron chi connectivity index (χ1n) is 3.98. The van der Waals surface area contributed by atoms with Gasteiger partial charge in [-0.25, -0.2) is 14.6 Å². The van der Waals surface area contributed by atoms with Gasteiger partial charge in [-0.2, -0.15) is 0 Å². The van der Waals surface area contributed by atoms with Crippen molar-refractivity contribution in [1.82, 2.24) is 9.55 Å². The van der Waals surface area contributed by atoms with Gasteiger partial charge in [0.15, 0.2) is 11.4 Å². The number of aromatic nitrogens is 2. The molecule has 1 rings (SSSR count). The van der Waals surface area contributed by atoms with Gasteiger partial charge in [-0.05, 0) is 13.8 Å². The van der Waals surface area contributed by atoms with E-state index in [2.05, 4.69) is 4.98 Å². The number of rotatable bonds is 3. The molecule has 0 atom stereocenters. The van der Waals surface area contributed by atoms with Crippen molar-refractivity contribution in [3.63, 3.8) is 0 Å². The van der Waals surface area contributed by atoms with Crippen molar-refractivity contribution >= 4 is 11.9 Å². The molecule has 14 heavy (non-hydrogen) atoms. The fourth-order valence-corrected chi connectivity index (χ4v) is 1.12. The number of carbonyl (C=O) groups is 2. The number of hydrogen-bond acceptors (Lipinski definition) is 3. The van der Waals surface area contributed by atoms with E-state index in [0.29, 0.717) is 0 Å². The summed E-state index contributed by atoms with van der Waals surface area (Å²) in [4.78, 5) is 25.0. The van der Waals surface area contributed by atoms with E-state index < -0.39 is 17.6 Å². The molecular weight excluding hydrogens is 188 g/mol. The molecule has 0 aliphatic carbocycles. The molecule has 6 heteroatoms. The first-order valence-corrected chi connectivity index (χ1v) is 3.98. The van der Waals surface area contributed by atoms with Crippen LogP contribution in [0.5, 0.6) is 0 Å². The van der Waals surface area contributed by atoms with E-state index in [4.69, 9.17) is 10.2 Å². The van der Waals surface area contributed by atoms with E-state index in [1.165, 1.54) is 10.9 Å². The van der Waals surface area contributed by atoms with Gasteiger partial charge in [-0.1, -0.05) is 0 Å². The first kappa shape index (κ1) is 10.2. The summed E-state index contributed by atoms with van der Waals surface area (Å²) in [6.45, 7) is 3.50. The van der Waals surface area contributed by atoms with Gasteiger partial charge in [-0.3, -0.25) is 0 Å². The summed E-state index contributed by atoms with van der Waals surface area (Å²) in [7, 11) is 0. The average Bonchev–Trinajstić information content (AvgIpc) is 2.46. The molecule has 0 fully saturated rings. The van der Waals surface area contributed by atoms with Crippen LogP contribution in [-0.2, 0) is 0 Å². The monoisotopic (exact) mass is 198 g/mol. The van der Waals surface area contributed by atoms with Gasteiger partial charge in [0, 0.05) is 6.04 Å². The normalized spacial score (nSPS) is 10.5. The van der Waals surface area contributed by atoms with Gasteiger partial charge in [0.2, 0.25) is 0 Å². The van der Waals surface area contributed by atoms with E-state index in [0.717, 1.165) is 0 Å². The maximum absolute atomic E-state index is 10.8. The fraction of sp³-hybridized carbons (Fsp3) is 0.375. The molecule has 0 aliphatic heterocycles. The van der Waals surface area contributed by atoms with Crippen molar-refractivity contribution in [2.24, 2.45) is 0 Å². The van der Waals surface area contributed by atoms with E-state index in [1.807, 2.05) is 0 Å². The molecule has 1 heterocycles. The van der Waals surface area contributed by atoms with E-state index in [-0.39, 0.29) is 11.7 Å².